The number of aliphatic hydroxyl groups is 1. The number of benzene rings is 1. The molecule has 2 unspecified atom stereocenters. The van der Waals surface area contributed by atoms with Crippen LogP contribution in [0.1, 0.15) is 52.2 Å². The standard InChI is InChI=1S/C17H26O3/c1-12(17(2,3)4)10-14(18)13-6-7-15-16(11-13)20-9-5-8-19-15/h6-7,11-12,14,18H,5,8-10H2,1-4H3. The van der Waals surface area contributed by atoms with Gasteiger partial charge in [0, 0.05) is 6.42 Å². The highest BCUT2D eigenvalue weighted by atomic mass is 16.5. The summed E-state index contributed by atoms with van der Waals surface area (Å²) in [7, 11) is 0. The Labute approximate surface area is 121 Å². The largest absolute Gasteiger partial charge is 0.490 e. The van der Waals surface area contributed by atoms with E-state index in [9.17, 15) is 5.11 Å². The summed E-state index contributed by atoms with van der Waals surface area (Å²) in [6.07, 6.45) is 1.19. The van der Waals surface area contributed by atoms with Crippen LogP contribution in [0, 0.1) is 11.3 Å². The molecule has 2 rings (SSSR count). The second kappa shape index (κ2) is 6.04. The molecular formula is C17H26O3. The van der Waals surface area contributed by atoms with Gasteiger partial charge in [0.25, 0.3) is 0 Å². The summed E-state index contributed by atoms with van der Waals surface area (Å²) >= 11 is 0. The van der Waals surface area contributed by atoms with Crippen LogP contribution < -0.4 is 9.47 Å². The minimum absolute atomic E-state index is 0.201. The number of aliphatic hydroxyl groups excluding tert-OH is 1. The van der Waals surface area contributed by atoms with Gasteiger partial charge in [-0.1, -0.05) is 33.8 Å². The first-order valence-electron chi connectivity index (χ1n) is 7.45. The van der Waals surface area contributed by atoms with E-state index in [1.807, 2.05) is 18.2 Å². The van der Waals surface area contributed by atoms with Crippen molar-refractivity contribution in [1.29, 1.82) is 0 Å². The number of hydrogen-bond acceptors (Lipinski definition) is 3. The predicted molar refractivity (Wildman–Crippen MR) is 80.2 cm³/mol. The first-order chi connectivity index (χ1) is 9.38. The third kappa shape index (κ3) is 3.66. The van der Waals surface area contributed by atoms with Crippen molar-refractivity contribution in [3.05, 3.63) is 23.8 Å². The second-order valence-electron chi connectivity index (χ2n) is 6.78. The van der Waals surface area contributed by atoms with E-state index in [4.69, 9.17) is 9.47 Å². The molecule has 112 valence electrons. The van der Waals surface area contributed by atoms with Crippen LogP contribution in [0.25, 0.3) is 0 Å². The van der Waals surface area contributed by atoms with Gasteiger partial charge in [0.1, 0.15) is 0 Å². The van der Waals surface area contributed by atoms with E-state index in [0.29, 0.717) is 19.1 Å². The van der Waals surface area contributed by atoms with Crippen molar-refractivity contribution in [2.24, 2.45) is 11.3 Å². The third-order valence-corrected chi connectivity index (χ3v) is 4.21. The fourth-order valence-electron chi connectivity index (χ4n) is 2.21. The molecule has 1 aromatic carbocycles. The van der Waals surface area contributed by atoms with E-state index >= 15 is 0 Å². The minimum atomic E-state index is -0.457. The second-order valence-corrected chi connectivity index (χ2v) is 6.78. The quantitative estimate of drug-likeness (QED) is 0.909. The molecule has 0 fully saturated rings. The van der Waals surface area contributed by atoms with Crippen LogP contribution in [0.4, 0.5) is 0 Å². The third-order valence-electron chi connectivity index (χ3n) is 4.21. The molecule has 0 bridgehead atoms. The molecule has 1 N–H and O–H groups in total. The Bertz CT molecular complexity index is 448. The lowest BCUT2D eigenvalue weighted by Crippen LogP contribution is -2.19. The summed E-state index contributed by atoms with van der Waals surface area (Å²) in [5.74, 6) is 1.97. The van der Waals surface area contributed by atoms with Crippen molar-refractivity contribution < 1.29 is 14.6 Å². The van der Waals surface area contributed by atoms with E-state index in [-0.39, 0.29) is 5.41 Å². The van der Waals surface area contributed by atoms with Gasteiger partial charge in [-0.2, -0.15) is 0 Å². The molecule has 0 radical (unpaired) electrons. The van der Waals surface area contributed by atoms with Crippen molar-refractivity contribution in [1.82, 2.24) is 0 Å². The number of rotatable bonds is 3. The van der Waals surface area contributed by atoms with Gasteiger partial charge >= 0.3 is 0 Å². The van der Waals surface area contributed by atoms with Gasteiger partial charge in [0.05, 0.1) is 19.3 Å². The van der Waals surface area contributed by atoms with Crippen LogP contribution in [0.15, 0.2) is 18.2 Å². The highest BCUT2D eigenvalue weighted by Gasteiger charge is 2.24. The van der Waals surface area contributed by atoms with E-state index in [2.05, 4.69) is 27.7 Å². The van der Waals surface area contributed by atoms with Crippen molar-refractivity contribution >= 4 is 0 Å². The molecule has 0 spiro atoms. The fourth-order valence-corrected chi connectivity index (χ4v) is 2.21. The summed E-state index contributed by atoms with van der Waals surface area (Å²) in [4.78, 5) is 0. The molecule has 0 amide bonds. The topological polar surface area (TPSA) is 38.7 Å². The summed E-state index contributed by atoms with van der Waals surface area (Å²) in [6, 6.07) is 5.76. The Hall–Kier alpha value is -1.22. The average Bonchev–Trinajstić information content (AvgIpc) is 2.61. The molecule has 1 aliphatic rings. The van der Waals surface area contributed by atoms with Crippen LogP contribution >= 0.6 is 0 Å². The lowest BCUT2D eigenvalue weighted by Gasteiger charge is -2.29. The molecule has 20 heavy (non-hydrogen) atoms. The molecule has 1 heterocycles. The van der Waals surface area contributed by atoms with Crippen molar-refractivity contribution in [3.8, 4) is 11.5 Å². The lowest BCUT2D eigenvalue weighted by atomic mass is 9.78. The molecule has 2 atom stereocenters. The number of hydrogen-bond donors (Lipinski definition) is 1. The zero-order valence-corrected chi connectivity index (χ0v) is 13.0. The molecule has 0 saturated carbocycles. The van der Waals surface area contributed by atoms with Crippen LogP contribution in [0.2, 0.25) is 0 Å². The van der Waals surface area contributed by atoms with E-state index < -0.39 is 6.10 Å². The minimum Gasteiger partial charge on any atom is -0.490 e. The molecule has 0 saturated heterocycles. The molecule has 1 aromatic rings. The number of fused-ring (bicyclic) bond motifs is 1. The monoisotopic (exact) mass is 278 g/mol. The maximum Gasteiger partial charge on any atom is 0.161 e. The highest BCUT2D eigenvalue weighted by molar-refractivity contribution is 5.44. The maximum atomic E-state index is 10.4. The van der Waals surface area contributed by atoms with Gasteiger partial charge in [-0.25, -0.2) is 0 Å². The van der Waals surface area contributed by atoms with E-state index in [1.54, 1.807) is 0 Å². The van der Waals surface area contributed by atoms with Gasteiger partial charge in [-0.05, 0) is 35.4 Å². The average molecular weight is 278 g/mol. The predicted octanol–water partition coefficient (Wildman–Crippen LogP) is 3.95. The first-order valence-corrected chi connectivity index (χ1v) is 7.45. The van der Waals surface area contributed by atoms with E-state index in [0.717, 1.165) is 29.9 Å². The molecule has 0 aliphatic carbocycles. The molecular weight excluding hydrogens is 252 g/mol. The molecule has 1 aliphatic heterocycles. The summed E-state index contributed by atoms with van der Waals surface area (Å²) < 4.78 is 11.3. The van der Waals surface area contributed by atoms with Crippen molar-refractivity contribution in [3.63, 3.8) is 0 Å². The van der Waals surface area contributed by atoms with Gasteiger partial charge in [-0.15, -0.1) is 0 Å². The zero-order chi connectivity index (χ0) is 14.8. The van der Waals surface area contributed by atoms with Crippen molar-refractivity contribution in [2.75, 3.05) is 13.2 Å². The smallest absolute Gasteiger partial charge is 0.161 e. The highest BCUT2D eigenvalue weighted by Crippen LogP contribution is 2.36. The number of ether oxygens (including phenoxy) is 2. The SMILES string of the molecule is CC(CC(O)c1ccc2c(c1)OCCCO2)C(C)(C)C. The molecule has 0 aromatic heterocycles. The van der Waals surface area contributed by atoms with Gasteiger partial charge in [0.2, 0.25) is 0 Å². The molecule has 3 nitrogen and oxygen atoms in total. The van der Waals surface area contributed by atoms with Gasteiger partial charge in [0.15, 0.2) is 11.5 Å². The van der Waals surface area contributed by atoms with Gasteiger partial charge < -0.3 is 14.6 Å². The summed E-state index contributed by atoms with van der Waals surface area (Å²) in [5.41, 5.74) is 1.11. The zero-order valence-electron chi connectivity index (χ0n) is 13.0. The first kappa shape index (κ1) is 15.2. The van der Waals surface area contributed by atoms with Crippen LogP contribution in [0.3, 0.4) is 0 Å². The van der Waals surface area contributed by atoms with Gasteiger partial charge in [-0.3, -0.25) is 0 Å². The summed E-state index contributed by atoms with van der Waals surface area (Å²) in [6.45, 7) is 10.2. The van der Waals surface area contributed by atoms with Crippen LogP contribution in [-0.2, 0) is 0 Å². The fraction of sp³-hybridized carbons (Fsp3) is 0.647. The molecule has 3 heteroatoms. The van der Waals surface area contributed by atoms with Crippen LogP contribution in [-0.4, -0.2) is 18.3 Å². The Morgan fingerprint density at radius 1 is 1.15 bits per heavy atom. The van der Waals surface area contributed by atoms with E-state index in [1.165, 1.54) is 0 Å². The Kier molecular flexibility index (Phi) is 4.59. The Morgan fingerprint density at radius 3 is 2.45 bits per heavy atom. The lowest BCUT2D eigenvalue weighted by molar-refractivity contribution is 0.110. The summed E-state index contributed by atoms with van der Waals surface area (Å²) in [5, 5.41) is 10.4. The normalized spacial score (nSPS) is 18.2. The van der Waals surface area contributed by atoms with Crippen LogP contribution in [0.5, 0.6) is 11.5 Å². The maximum absolute atomic E-state index is 10.4. The van der Waals surface area contributed by atoms with Crippen molar-refractivity contribution in [2.45, 2.75) is 46.6 Å². The Balaban J connectivity index is 2.11. The Morgan fingerprint density at radius 2 is 1.80 bits per heavy atom.